The van der Waals surface area contributed by atoms with Gasteiger partial charge in [-0.1, -0.05) is 46.1 Å². The SMILES string of the molecule is O=S(=O)(Nc1ncnc(Cl)c1Cl)c1cnc(Cl)s1. The molecular weight excluding hydrogens is 343 g/mol. The lowest BCUT2D eigenvalue weighted by Crippen LogP contribution is -2.13. The number of sulfonamides is 1. The van der Waals surface area contributed by atoms with Crippen LogP contribution in [-0.4, -0.2) is 23.4 Å². The van der Waals surface area contributed by atoms with Crippen molar-refractivity contribution in [2.45, 2.75) is 4.21 Å². The molecule has 0 atom stereocenters. The minimum Gasteiger partial charge on any atom is -0.261 e. The normalized spacial score (nSPS) is 11.5. The van der Waals surface area contributed by atoms with Crippen molar-refractivity contribution in [3.63, 3.8) is 0 Å². The molecule has 0 saturated carbocycles. The second-order valence-electron chi connectivity index (χ2n) is 2.86. The Morgan fingerprint density at radius 1 is 1.17 bits per heavy atom. The van der Waals surface area contributed by atoms with Gasteiger partial charge in [0, 0.05) is 0 Å². The molecule has 0 aliphatic rings. The maximum absolute atomic E-state index is 11.9. The highest BCUT2D eigenvalue weighted by Crippen LogP contribution is 2.29. The first kappa shape index (κ1) is 13.8. The van der Waals surface area contributed by atoms with Gasteiger partial charge in [-0.25, -0.2) is 23.4 Å². The number of rotatable bonds is 3. The summed E-state index contributed by atoms with van der Waals surface area (Å²) in [6, 6.07) is 0. The van der Waals surface area contributed by atoms with Crippen molar-refractivity contribution < 1.29 is 8.42 Å². The first-order valence-electron chi connectivity index (χ1n) is 4.20. The highest BCUT2D eigenvalue weighted by Gasteiger charge is 2.20. The van der Waals surface area contributed by atoms with Crippen LogP contribution in [0.25, 0.3) is 0 Å². The molecule has 0 spiro atoms. The van der Waals surface area contributed by atoms with Crippen molar-refractivity contribution in [1.82, 2.24) is 15.0 Å². The van der Waals surface area contributed by atoms with Crippen LogP contribution < -0.4 is 4.72 Å². The topological polar surface area (TPSA) is 84.8 Å². The van der Waals surface area contributed by atoms with Crippen LogP contribution in [0.3, 0.4) is 0 Å². The van der Waals surface area contributed by atoms with Crippen LogP contribution in [0.1, 0.15) is 0 Å². The van der Waals surface area contributed by atoms with Gasteiger partial charge in [0.1, 0.15) is 11.3 Å². The third-order valence-corrected chi connectivity index (χ3v) is 5.36. The van der Waals surface area contributed by atoms with E-state index in [1.165, 1.54) is 0 Å². The van der Waals surface area contributed by atoms with Gasteiger partial charge >= 0.3 is 0 Å². The van der Waals surface area contributed by atoms with E-state index in [0.29, 0.717) is 0 Å². The first-order chi connectivity index (χ1) is 8.40. The third kappa shape index (κ3) is 2.83. The Morgan fingerprint density at radius 3 is 2.50 bits per heavy atom. The number of hydrogen-bond acceptors (Lipinski definition) is 6. The van der Waals surface area contributed by atoms with Crippen molar-refractivity contribution in [2.75, 3.05) is 4.72 Å². The number of anilines is 1. The Kier molecular flexibility index (Phi) is 3.93. The van der Waals surface area contributed by atoms with E-state index in [1.807, 2.05) is 0 Å². The van der Waals surface area contributed by atoms with Gasteiger partial charge in [-0.3, -0.25) is 4.72 Å². The van der Waals surface area contributed by atoms with Gasteiger partial charge in [0.2, 0.25) is 0 Å². The van der Waals surface area contributed by atoms with E-state index in [2.05, 4.69) is 19.7 Å². The van der Waals surface area contributed by atoms with Gasteiger partial charge in [0.15, 0.2) is 19.6 Å². The first-order valence-corrected chi connectivity index (χ1v) is 7.63. The molecule has 2 aromatic rings. The summed E-state index contributed by atoms with van der Waals surface area (Å²) in [4.78, 5) is 10.9. The maximum atomic E-state index is 11.9. The number of thiazole rings is 1. The van der Waals surface area contributed by atoms with Crippen LogP contribution in [0.2, 0.25) is 14.6 Å². The Labute approximate surface area is 121 Å². The molecule has 0 fully saturated rings. The van der Waals surface area contributed by atoms with Gasteiger partial charge in [-0.15, -0.1) is 0 Å². The second-order valence-corrected chi connectivity index (χ2v) is 7.12. The van der Waals surface area contributed by atoms with Crippen LogP contribution >= 0.6 is 46.1 Å². The molecule has 6 nitrogen and oxygen atoms in total. The number of nitrogens with one attached hydrogen (secondary N) is 1. The fourth-order valence-electron chi connectivity index (χ4n) is 0.960. The Hall–Kier alpha value is -0.670. The summed E-state index contributed by atoms with van der Waals surface area (Å²) in [5, 5.41) is -0.134. The van der Waals surface area contributed by atoms with Crippen LogP contribution in [0.4, 0.5) is 5.82 Å². The van der Waals surface area contributed by atoms with Crippen molar-refractivity contribution in [2.24, 2.45) is 0 Å². The smallest absolute Gasteiger partial charge is 0.261 e. The summed E-state index contributed by atoms with van der Waals surface area (Å²) in [7, 11) is -3.84. The molecule has 0 radical (unpaired) electrons. The predicted octanol–water partition coefficient (Wildman–Crippen LogP) is 2.69. The summed E-state index contributed by atoms with van der Waals surface area (Å²) >= 11 is 17.8. The lowest BCUT2D eigenvalue weighted by molar-refractivity contribution is 0.603. The average Bonchev–Trinajstić information content (AvgIpc) is 2.72. The molecule has 2 rings (SSSR count). The Bertz CT molecular complexity index is 688. The fraction of sp³-hybridized carbons (Fsp3) is 0. The van der Waals surface area contributed by atoms with Crippen molar-refractivity contribution in [3.8, 4) is 0 Å². The predicted molar refractivity (Wildman–Crippen MR) is 70.0 cm³/mol. The maximum Gasteiger partial charge on any atom is 0.274 e. The third-order valence-electron chi connectivity index (χ3n) is 1.70. The molecule has 0 unspecified atom stereocenters. The summed E-state index contributed by atoms with van der Waals surface area (Å²) in [6.45, 7) is 0. The highest BCUT2D eigenvalue weighted by atomic mass is 35.5. The molecule has 11 heteroatoms. The zero-order valence-electron chi connectivity index (χ0n) is 8.26. The largest absolute Gasteiger partial charge is 0.274 e. The molecule has 0 aromatic carbocycles. The highest BCUT2D eigenvalue weighted by molar-refractivity contribution is 7.94. The van der Waals surface area contributed by atoms with Gasteiger partial charge in [0.05, 0.1) is 6.20 Å². The summed E-state index contributed by atoms with van der Waals surface area (Å²) in [6.07, 6.45) is 2.22. The van der Waals surface area contributed by atoms with Gasteiger partial charge in [-0.2, -0.15) is 0 Å². The standard InChI is InChI=1S/C7H3Cl3N4O2S2/c8-4-5(9)12-2-13-6(4)14-18(15,16)3-1-11-7(10)17-3/h1-2H,(H,12,13,14). The van der Waals surface area contributed by atoms with E-state index in [0.717, 1.165) is 23.9 Å². The average molecular weight is 346 g/mol. The van der Waals surface area contributed by atoms with Crippen molar-refractivity contribution in [3.05, 3.63) is 27.2 Å². The minimum absolute atomic E-state index is 0.0493. The molecule has 0 aliphatic carbocycles. The molecular formula is C7H3Cl3N4O2S2. The fourth-order valence-corrected chi connectivity index (χ4v) is 3.61. The van der Waals surface area contributed by atoms with Crippen LogP contribution in [0.5, 0.6) is 0 Å². The van der Waals surface area contributed by atoms with E-state index in [-0.39, 0.29) is 24.7 Å². The second kappa shape index (κ2) is 5.14. The van der Waals surface area contributed by atoms with E-state index in [4.69, 9.17) is 34.8 Å². The van der Waals surface area contributed by atoms with E-state index < -0.39 is 10.0 Å². The Morgan fingerprint density at radius 2 is 1.89 bits per heavy atom. The molecule has 96 valence electrons. The number of halogens is 3. The van der Waals surface area contributed by atoms with Crippen molar-refractivity contribution in [1.29, 1.82) is 0 Å². The van der Waals surface area contributed by atoms with E-state index in [9.17, 15) is 8.42 Å². The minimum atomic E-state index is -3.84. The molecule has 1 N–H and O–H groups in total. The molecule has 0 saturated heterocycles. The van der Waals surface area contributed by atoms with Gasteiger partial charge < -0.3 is 0 Å². The van der Waals surface area contributed by atoms with Crippen LogP contribution in [-0.2, 0) is 10.0 Å². The van der Waals surface area contributed by atoms with Crippen molar-refractivity contribution >= 4 is 62.0 Å². The quantitative estimate of drug-likeness (QED) is 0.865. The summed E-state index contributed by atoms with van der Waals surface area (Å²) in [5.74, 6) is -0.110. The van der Waals surface area contributed by atoms with Gasteiger partial charge in [-0.05, 0) is 0 Å². The molecule has 2 aromatic heterocycles. The molecule has 0 aliphatic heterocycles. The Balaban J connectivity index is 2.37. The monoisotopic (exact) mass is 344 g/mol. The summed E-state index contributed by atoms with van der Waals surface area (Å²) < 4.78 is 26.1. The lowest BCUT2D eigenvalue weighted by atomic mass is 10.6. The van der Waals surface area contributed by atoms with E-state index in [1.54, 1.807) is 0 Å². The molecule has 18 heavy (non-hydrogen) atoms. The van der Waals surface area contributed by atoms with Crippen LogP contribution in [0, 0.1) is 0 Å². The van der Waals surface area contributed by atoms with E-state index >= 15 is 0 Å². The van der Waals surface area contributed by atoms with Crippen LogP contribution in [0.15, 0.2) is 16.7 Å². The zero-order valence-corrected chi connectivity index (χ0v) is 12.2. The molecule has 0 amide bonds. The van der Waals surface area contributed by atoms with Gasteiger partial charge in [0.25, 0.3) is 10.0 Å². The lowest BCUT2D eigenvalue weighted by Gasteiger charge is -2.06. The number of hydrogen-bond donors (Lipinski definition) is 1. The number of nitrogens with zero attached hydrogens (tertiary/aromatic N) is 3. The number of aromatic nitrogens is 3. The molecule has 2 heterocycles. The summed E-state index contributed by atoms with van der Waals surface area (Å²) in [5.41, 5.74) is 0. The molecule has 0 bridgehead atoms. The zero-order chi connectivity index (χ0) is 13.3.